The van der Waals surface area contributed by atoms with Gasteiger partial charge < -0.3 is 10.2 Å². The van der Waals surface area contributed by atoms with Gasteiger partial charge in [0.15, 0.2) is 0 Å². The fraction of sp³-hybridized carbons (Fsp3) is 0.412. The molecule has 3 rings (SSSR count). The van der Waals surface area contributed by atoms with Crippen molar-refractivity contribution in [1.29, 1.82) is 0 Å². The molecule has 1 aliphatic heterocycles. The van der Waals surface area contributed by atoms with Crippen LogP contribution in [0.15, 0.2) is 30.6 Å². The van der Waals surface area contributed by atoms with Gasteiger partial charge in [-0.3, -0.25) is 10.1 Å². The molecule has 1 fully saturated rings. The molecule has 0 radical (unpaired) electrons. The van der Waals surface area contributed by atoms with Crippen molar-refractivity contribution >= 4 is 11.5 Å². The van der Waals surface area contributed by atoms with Gasteiger partial charge in [0.05, 0.1) is 22.2 Å². The molecule has 2 heterocycles. The lowest BCUT2D eigenvalue weighted by Gasteiger charge is -2.31. The number of hydrogen-bond acceptors (Lipinski definition) is 6. The van der Waals surface area contributed by atoms with Crippen molar-refractivity contribution in [3.05, 3.63) is 46.5 Å². The number of nitro groups is 1. The number of anilines is 1. The van der Waals surface area contributed by atoms with Gasteiger partial charge in [-0.2, -0.15) is 0 Å². The van der Waals surface area contributed by atoms with Crippen LogP contribution in [0, 0.1) is 15.9 Å². The maximum atomic E-state index is 13.3. The summed E-state index contributed by atoms with van der Waals surface area (Å²) in [4.78, 5) is 21.3. The number of piperidine rings is 1. The predicted octanol–water partition coefficient (Wildman–Crippen LogP) is 3.09. The first kappa shape index (κ1) is 17.2. The van der Waals surface area contributed by atoms with Crippen LogP contribution in [-0.2, 0) is 0 Å². The Balaban J connectivity index is 1.80. The summed E-state index contributed by atoms with van der Waals surface area (Å²) in [6.45, 7) is 5.28. The van der Waals surface area contributed by atoms with Gasteiger partial charge in [0.2, 0.25) is 0 Å². The Bertz CT molecular complexity index is 762. The summed E-state index contributed by atoms with van der Waals surface area (Å²) in [6, 6.07) is 5.46. The summed E-state index contributed by atoms with van der Waals surface area (Å²) in [7, 11) is 0. The van der Waals surface area contributed by atoms with Crippen LogP contribution in [0.5, 0.6) is 0 Å². The normalized spacial score (nSPS) is 15.9. The molecule has 0 atom stereocenters. The Hall–Kier alpha value is -2.61. The Labute approximate surface area is 145 Å². The monoisotopic (exact) mass is 345 g/mol. The lowest BCUT2D eigenvalue weighted by Crippen LogP contribution is -2.39. The highest BCUT2D eigenvalue weighted by Gasteiger charge is 2.20. The van der Waals surface area contributed by atoms with E-state index in [0.29, 0.717) is 17.6 Å². The highest BCUT2D eigenvalue weighted by atomic mass is 19.1. The summed E-state index contributed by atoms with van der Waals surface area (Å²) >= 11 is 0. The minimum Gasteiger partial charge on any atom is -0.367 e. The molecule has 25 heavy (non-hydrogen) atoms. The number of aromatic nitrogens is 2. The molecule has 0 bridgehead atoms. The van der Waals surface area contributed by atoms with Crippen molar-refractivity contribution in [1.82, 2.24) is 14.9 Å². The number of nitrogens with zero attached hydrogens (tertiary/aromatic N) is 4. The largest absolute Gasteiger partial charge is 0.367 e. The Morgan fingerprint density at radius 2 is 2.08 bits per heavy atom. The van der Waals surface area contributed by atoms with Gasteiger partial charge in [0, 0.05) is 25.2 Å². The minimum atomic E-state index is -0.648. The quantitative estimate of drug-likeness (QED) is 0.662. The average molecular weight is 345 g/mol. The van der Waals surface area contributed by atoms with Crippen LogP contribution in [0.1, 0.15) is 19.8 Å². The van der Waals surface area contributed by atoms with Crippen LogP contribution in [-0.4, -0.2) is 45.5 Å². The second kappa shape index (κ2) is 7.52. The molecule has 8 heteroatoms. The van der Waals surface area contributed by atoms with Gasteiger partial charge in [-0.1, -0.05) is 6.92 Å². The van der Waals surface area contributed by atoms with E-state index < -0.39 is 10.7 Å². The molecule has 0 amide bonds. The number of nitrogens with one attached hydrogen (secondary N) is 1. The molecule has 1 saturated heterocycles. The second-order valence-corrected chi connectivity index (χ2v) is 6.06. The molecule has 1 N–H and O–H groups in total. The van der Waals surface area contributed by atoms with E-state index in [4.69, 9.17) is 0 Å². The van der Waals surface area contributed by atoms with Crippen LogP contribution in [0.3, 0.4) is 0 Å². The fourth-order valence-electron chi connectivity index (χ4n) is 3.06. The Kier molecular flexibility index (Phi) is 5.18. The molecule has 0 unspecified atom stereocenters. The number of hydrogen-bond donors (Lipinski definition) is 1. The van der Waals surface area contributed by atoms with E-state index in [2.05, 4.69) is 27.1 Å². The molecule has 1 aromatic carbocycles. The third-order valence-corrected chi connectivity index (χ3v) is 4.49. The molecule has 1 aliphatic rings. The topological polar surface area (TPSA) is 84.2 Å². The van der Waals surface area contributed by atoms with E-state index in [-0.39, 0.29) is 11.3 Å². The van der Waals surface area contributed by atoms with Gasteiger partial charge in [0.25, 0.3) is 5.69 Å². The van der Waals surface area contributed by atoms with E-state index in [1.54, 1.807) is 6.07 Å². The molecule has 0 spiro atoms. The number of likely N-dealkylation sites (tertiary alicyclic amines) is 1. The smallest absolute Gasteiger partial charge is 0.281 e. The molecule has 7 nitrogen and oxygen atoms in total. The lowest BCUT2D eigenvalue weighted by molar-refractivity contribution is -0.384. The Morgan fingerprint density at radius 3 is 2.76 bits per heavy atom. The highest BCUT2D eigenvalue weighted by Crippen LogP contribution is 2.30. The second-order valence-electron chi connectivity index (χ2n) is 6.06. The summed E-state index contributed by atoms with van der Waals surface area (Å²) in [5.74, 6) is -0.0240. The average Bonchev–Trinajstić information content (AvgIpc) is 2.62. The SMILES string of the molecule is CCN1CCC(Nc2cc(-c3ccc(F)cc3[N+](=O)[O-])ncn2)CC1. The molecule has 0 aliphatic carbocycles. The summed E-state index contributed by atoms with van der Waals surface area (Å²) in [5, 5.41) is 14.6. The van der Waals surface area contributed by atoms with Crippen molar-refractivity contribution in [2.24, 2.45) is 0 Å². The maximum Gasteiger partial charge on any atom is 0.281 e. The van der Waals surface area contributed by atoms with Gasteiger partial charge in [-0.05, 0) is 31.5 Å². The van der Waals surface area contributed by atoms with Crippen molar-refractivity contribution in [3.8, 4) is 11.3 Å². The third kappa shape index (κ3) is 4.08. The van der Waals surface area contributed by atoms with E-state index in [0.717, 1.165) is 38.5 Å². The van der Waals surface area contributed by atoms with Crippen molar-refractivity contribution < 1.29 is 9.31 Å². The van der Waals surface area contributed by atoms with E-state index in [1.807, 2.05) is 0 Å². The van der Waals surface area contributed by atoms with Crippen LogP contribution >= 0.6 is 0 Å². The van der Waals surface area contributed by atoms with Crippen molar-refractivity contribution in [3.63, 3.8) is 0 Å². The Morgan fingerprint density at radius 1 is 1.32 bits per heavy atom. The molecule has 132 valence electrons. The first-order chi connectivity index (χ1) is 12.1. The van der Waals surface area contributed by atoms with Crippen LogP contribution in [0.2, 0.25) is 0 Å². The van der Waals surface area contributed by atoms with Crippen LogP contribution < -0.4 is 5.32 Å². The fourth-order valence-corrected chi connectivity index (χ4v) is 3.06. The minimum absolute atomic E-state index is 0.276. The number of halogens is 1. The molecule has 0 saturated carbocycles. The molecular weight excluding hydrogens is 325 g/mol. The van der Waals surface area contributed by atoms with Gasteiger partial charge in [0.1, 0.15) is 18.0 Å². The molecule has 1 aromatic heterocycles. The zero-order valence-corrected chi connectivity index (χ0v) is 14.0. The third-order valence-electron chi connectivity index (χ3n) is 4.49. The number of benzene rings is 1. The molecule has 2 aromatic rings. The van der Waals surface area contributed by atoms with Gasteiger partial charge in [-0.15, -0.1) is 0 Å². The zero-order chi connectivity index (χ0) is 17.8. The summed E-state index contributed by atoms with van der Waals surface area (Å²) in [6.07, 6.45) is 3.40. The van der Waals surface area contributed by atoms with Crippen molar-refractivity contribution in [2.75, 3.05) is 25.0 Å². The molecular formula is C17H20FN5O2. The maximum absolute atomic E-state index is 13.3. The first-order valence-electron chi connectivity index (χ1n) is 8.32. The summed E-state index contributed by atoms with van der Waals surface area (Å²) < 4.78 is 13.3. The van der Waals surface area contributed by atoms with Crippen LogP contribution in [0.4, 0.5) is 15.9 Å². The highest BCUT2D eigenvalue weighted by molar-refractivity contribution is 5.72. The lowest BCUT2D eigenvalue weighted by atomic mass is 10.0. The number of nitro benzene ring substituents is 1. The van der Waals surface area contributed by atoms with E-state index in [9.17, 15) is 14.5 Å². The van der Waals surface area contributed by atoms with E-state index >= 15 is 0 Å². The van der Waals surface area contributed by atoms with Crippen LogP contribution in [0.25, 0.3) is 11.3 Å². The van der Waals surface area contributed by atoms with Gasteiger partial charge in [-0.25, -0.2) is 14.4 Å². The van der Waals surface area contributed by atoms with E-state index in [1.165, 1.54) is 18.5 Å². The predicted molar refractivity (Wildman–Crippen MR) is 92.8 cm³/mol. The van der Waals surface area contributed by atoms with Crippen molar-refractivity contribution in [2.45, 2.75) is 25.8 Å². The summed E-state index contributed by atoms with van der Waals surface area (Å²) in [5.41, 5.74) is 0.369. The zero-order valence-electron chi connectivity index (χ0n) is 14.0. The standard InChI is InChI=1S/C17H20FN5O2/c1-2-22-7-5-13(6-8-22)21-17-10-15(19-11-20-17)14-4-3-12(18)9-16(14)23(24)25/h3-4,9-11,13H,2,5-8H2,1H3,(H,19,20,21). The first-order valence-corrected chi connectivity index (χ1v) is 8.32. The van der Waals surface area contributed by atoms with Gasteiger partial charge >= 0.3 is 0 Å². The number of rotatable bonds is 5.